The van der Waals surface area contributed by atoms with E-state index in [4.69, 9.17) is 18.9 Å². The van der Waals surface area contributed by atoms with E-state index in [1.165, 1.54) is 31.4 Å². The van der Waals surface area contributed by atoms with Crippen molar-refractivity contribution in [3.63, 3.8) is 0 Å². The molecule has 3 aromatic carbocycles. The van der Waals surface area contributed by atoms with Crippen LogP contribution in [-0.4, -0.2) is 44.2 Å². The molecule has 0 spiro atoms. The average Bonchev–Trinajstić information content (AvgIpc) is 3.25. The lowest BCUT2D eigenvalue weighted by Gasteiger charge is -2.11. The van der Waals surface area contributed by atoms with Gasteiger partial charge in [0.15, 0.2) is 0 Å². The number of benzene rings is 3. The Kier molecular flexibility index (Phi) is 8.98. The molecule has 1 atom stereocenters. The van der Waals surface area contributed by atoms with Crippen molar-refractivity contribution >= 4 is 23.9 Å². The number of hydrogen-bond donors (Lipinski definition) is 0. The molecule has 0 aromatic heterocycles. The predicted molar refractivity (Wildman–Crippen MR) is 149 cm³/mol. The zero-order valence-corrected chi connectivity index (χ0v) is 22.6. The topological polar surface area (TPSA) is 114 Å². The van der Waals surface area contributed by atoms with Crippen LogP contribution in [0.15, 0.2) is 85.5 Å². The number of rotatable bonds is 11. The van der Waals surface area contributed by atoms with Gasteiger partial charge in [0.05, 0.1) is 19.1 Å². The first kappa shape index (κ1) is 28.8. The molecular weight excluding hydrogens is 528 g/mol. The number of hydrogen-bond acceptors (Lipinski definition) is 9. The SMILES string of the molecule is C=CC(=O)Oc1ccc(C(=O)Oc2ccc3c(c2)C(C)c2cc(OCCOC(=O)C(=C)CC(=O)OC)ccc2-3)cc1. The van der Waals surface area contributed by atoms with Crippen molar-refractivity contribution in [1.29, 1.82) is 0 Å². The number of esters is 4. The number of carbonyl (C=O) groups is 4. The first-order valence-electron chi connectivity index (χ1n) is 12.7. The Morgan fingerprint density at radius 1 is 0.829 bits per heavy atom. The smallest absolute Gasteiger partial charge is 0.343 e. The van der Waals surface area contributed by atoms with Crippen LogP contribution < -0.4 is 14.2 Å². The lowest BCUT2D eigenvalue weighted by Crippen LogP contribution is -2.15. The summed E-state index contributed by atoms with van der Waals surface area (Å²) in [6, 6.07) is 17.3. The summed E-state index contributed by atoms with van der Waals surface area (Å²) in [7, 11) is 1.23. The molecule has 9 heteroatoms. The fourth-order valence-electron chi connectivity index (χ4n) is 4.31. The van der Waals surface area contributed by atoms with E-state index in [9.17, 15) is 19.2 Å². The van der Waals surface area contributed by atoms with Crippen molar-refractivity contribution in [1.82, 2.24) is 0 Å². The maximum absolute atomic E-state index is 12.7. The Hall–Kier alpha value is -5.18. The summed E-state index contributed by atoms with van der Waals surface area (Å²) in [5.74, 6) is -1.05. The minimum absolute atomic E-state index is 0.00969. The molecule has 3 aromatic rings. The Balaban J connectivity index is 1.35. The van der Waals surface area contributed by atoms with Gasteiger partial charge in [-0.3, -0.25) is 4.79 Å². The van der Waals surface area contributed by atoms with E-state index in [0.717, 1.165) is 28.3 Å². The summed E-state index contributed by atoms with van der Waals surface area (Å²) < 4.78 is 26.0. The lowest BCUT2D eigenvalue weighted by molar-refractivity contribution is -0.144. The van der Waals surface area contributed by atoms with Crippen molar-refractivity contribution < 1.29 is 42.9 Å². The highest BCUT2D eigenvalue weighted by Crippen LogP contribution is 2.47. The summed E-state index contributed by atoms with van der Waals surface area (Å²) in [6.45, 7) is 9.05. The second-order valence-corrected chi connectivity index (χ2v) is 9.10. The van der Waals surface area contributed by atoms with Gasteiger partial charge in [-0.15, -0.1) is 0 Å². The van der Waals surface area contributed by atoms with E-state index in [1.54, 1.807) is 6.07 Å². The van der Waals surface area contributed by atoms with Gasteiger partial charge in [0.1, 0.15) is 30.5 Å². The molecule has 0 N–H and O–H groups in total. The molecule has 0 bridgehead atoms. The van der Waals surface area contributed by atoms with Crippen LogP contribution in [0.5, 0.6) is 17.2 Å². The summed E-state index contributed by atoms with van der Waals surface area (Å²) in [6.07, 6.45) is 0.821. The normalized spacial score (nSPS) is 12.8. The zero-order valence-electron chi connectivity index (χ0n) is 22.6. The van der Waals surface area contributed by atoms with Crippen LogP contribution in [0.1, 0.15) is 40.7 Å². The highest BCUT2D eigenvalue weighted by atomic mass is 16.6. The molecule has 210 valence electrons. The highest BCUT2D eigenvalue weighted by molar-refractivity contribution is 5.93. The second-order valence-electron chi connectivity index (χ2n) is 9.10. The largest absolute Gasteiger partial charge is 0.490 e. The average molecular weight is 557 g/mol. The number of fused-ring (bicyclic) bond motifs is 3. The van der Waals surface area contributed by atoms with E-state index in [-0.39, 0.29) is 31.1 Å². The highest BCUT2D eigenvalue weighted by Gasteiger charge is 2.27. The Labute approximate surface area is 236 Å². The van der Waals surface area contributed by atoms with Crippen molar-refractivity contribution in [2.24, 2.45) is 0 Å². The number of methoxy groups -OCH3 is 1. The summed E-state index contributed by atoms with van der Waals surface area (Å²) in [5.41, 5.74) is 4.45. The van der Waals surface area contributed by atoms with Crippen LogP contribution in [0.25, 0.3) is 11.1 Å². The van der Waals surface area contributed by atoms with Gasteiger partial charge in [0, 0.05) is 17.6 Å². The molecule has 0 saturated heterocycles. The molecule has 1 aliphatic carbocycles. The van der Waals surface area contributed by atoms with Gasteiger partial charge in [0.2, 0.25) is 0 Å². The standard InChI is InChI=1S/C32H28O9/c1-5-29(33)40-22-8-6-21(7-9-22)32(36)41-24-11-13-26-25-12-10-23(17-27(25)20(3)28(26)18-24)38-14-15-39-31(35)19(2)16-30(34)37-4/h5-13,17-18,20H,1-2,14-16H2,3-4H3. The lowest BCUT2D eigenvalue weighted by atomic mass is 9.99. The van der Waals surface area contributed by atoms with Gasteiger partial charge in [-0.1, -0.05) is 32.2 Å². The molecule has 0 fully saturated rings. The van der Waals surface area contributed by atoms with Crippen LogP contribution in [0, 0.1) is 0 Å². The third kappa shape index (κ3) is 6.88. The molecule has 41 heavy (non-hydrogen) atoms. The van der Waals surface area contributed by atoms with Crippen molar-refractivity contribution in [2.45, 2.75) is 19.3 Å². The maximum atomic E-state index is 12.7. The van der Waals surface area contributed by atoms with Crippen LogP contribution >= 0.6 is 0 Å². The third-order valence-corrected chi connectivity index (χ3v) is 6.41. The number of ether oxygens (including phenoxy) is 5. The molecule has 0 amide bonds. The zero-order chi connectivity index (χ0) is 29.5. The van der Waals surface area contributed by atoms with Gasteiger partial charge in [0.25, 0.3) is 0 Å². The molecular formula is C32H28O9. The van der Waals surface area contributed by atoms with Crippen LogP contribution in [0.2, 0.25) is 0 Å². The van der Waals surface area contributed by atoms with Gasteiger partial charge in [-0.25, -0.2) is 14.4 Å². The number of carbonyl (C=O) groups excluding carboxylic acids is 4. The monoisotopic (exact) mass is 556 g/mol. The maximum Gasteiger partial charge on any atom is 0.343 e. The Morgan fingerprint density at radius 2 is 1.44 bits per heavy atom. The van der Waals surface area contributed by atoms with Crippen LogP contribution in [-0.2, 0) is 23.9 Å². The third-order valence-electron chi connectivity index (χ3n) is 6.41. The van der Waals surface area contributed by atoms with Gasteiger partial charge in [-0.2, -0.15) is 0 Å². The minimum atomic E-state index is -0.681. The van der Waals surface area contributed by atoms with Crippen molar-refractivity contribution in [2.75, 3.05) is 20.3 Å². The molecule has 0 heterocycles. The fraction of sp³-hybridized carbons (Fsp3) is 0.188. The molecule has 9 nitrogen and oxygen atoms in total. The predicted octanol–water partition coefficient (Wildman–Crippen LogP) is 5.17. The van der Waals surface area contributed by atoms with Crippen molar-refractivity contribution in [3.05, 3.63) is 102 Å². The minimum Gasteiger partial charge on any atom is -0.490 e. The Morgan fingerprint density at radius 3 is 2.07 bits per heavy atom. The van der Waals surface area contributed by atoms with Crippen LogP contribution in [0.4, 0.5) is 0 Å². The van der Waals surface area contributed by atoms with E-state index >= 15 is 0 Å². The van der Waals surface area contributed by atoms with E-state index < -0.39 is 23.9 Å². The van der Waals surface area contributed by atoms with E-state index in [0.29, 0.717) is 22.8 Å². The molecule has 0 aliphatic heterocycles. The first-order valence-corrected chi connectivity index (χ1v) is 12.7. The molecule has 1 unspecified atom stereocenters. The molecule has 0 radical (unpaired) electrons. The summed E-state index contributed by atoms with van der Waals surface area (Å²) in [4.78, 5) is 47.2. The fourth-order valence-corrected chi connectivity index (χ4v) is 4.31. The first-order chi connectivity index (χ1) is 19.7. The molecule has 0 saturated carbocycles. The molecule has 1 aliphatic rings. The van der Waals surface area contributed by atoms with Crippen molar-refractivity contribution in [3.8, 4) is 28.4 Å². The second kappa shape index (κ2) is 12.8. The Bertz CT molecular complexity index is 1520. The molecule has 4 rings (SSSR count). The van der Waals surface area contributed by atoms with Crippen LogP contribution in [0.3, 0.4) is 0 Å². The van der Waals surface area contributed by atoms with Gasteiger partial charge in [-0.05, 0) is 70.8 Å². The van der Waals surface area contributed by atoms with Gasteiger partial charge >= 0.3 is 23.9 Å². The quantitative estimate of drug-likeness (QED) is 0.137. The van der Waals surface area contributed by atoms with E-state index in [1.807, 2.05) is 30.3 Å². The van der Waals surface area contributed by atoms with Gasteiger partial charge < -0.3 is 23.7 Å². The summed E-state index contributed by atoms with van der Waals surface area (Å²) in [5, 5.41) is 0. The summed E-state index contributed by atoms with van der Waals surface area (Å²) >= 11 is 0. The van der Waals surface area contributed by atoms with E-state index in [2.05, 4.69) is 24.8 Å².